The van der Waals surface area contributed by atoms with Gasteiger partial charge < -0.3 is 14.8 Å². The molecule has 1 aromatic heterocycles. The maximum absolute atomic E-state index is 13.7. The highest BCUT2D eigenvalue weighted by Gasteiger charge is 2.26. The van der Waals surface area contributed by atoms with Gasteiger partial charge in [0.25, 0.3) is 5.91 Å². The molecule has 1 aliphatic heterocycles. The van der Waals surface area contributed by atoms with Gasteiger partial charge in [0.1, 0.15) is 11.6 Å². The van der Waals surface area contributed by atoms with Gasteiger partial charge in [-0.3, -0.25) is 14.4 Å². The molecule has 0 spiro atoms. The van der Waals surface area contributed by atoms with Crippen LogP contribution in [0.15, 0.2) is 72.9 Å². The number of esters is 1. The van der Waals surface area contributed by atoms with E-state index in [4.69, 9.17) is 9.47 Å². The molecule has 1 saturated heterocycles. The Kier molecular flexibility index (Phi) is 9.15. The summed E-state index contributed by atoms with van der Waals surface area (Å²) < 4.78 is 26.0. The summed E-state index contributed by atoms with van der Waals surface area (Å²) in [7, 11) is 3.04. The number of nitrogens with one attached hydrogen (secondary N) is 1. The number of likely N-dealkylation sites (tertiary alicyclic amines) is 1. The van der Waals surface area contributed by atoms with E-state index >= 15 is 0 Å². The summed E-state index contributed by atoms with van der Waals surface area (Å²) in [5.41, 5.74) is 4.78. The monoisotopic (exact) mass is 598 g/mol. The Morgan fingerprint density at radius 1 is 0.977 bits per heavy atom. The molecule has 0 unspecified atom stereocenters. The molecule has 1 N–H and O–H groups in total. The van der Waals surface area contributed by atoms with Crippen molar-refractivity contribution in [2.75, 3.05) is 32.6 Å². The van der Waals surface area contributed by atoms with Crippen LogP contribution in [0, 0.1) is 5.82 Å². The van der Waals surface area contributed by atoms with E-state index in [0.717, 1.165) is 37.2 Å². The molecule has 230 valence electrons. The highest BCUT2D eigenvalue weighted by molar-refractivity contribution is 6.08. The van der Waals surface area contributed by atoms with Gasteiger partial charge in [0, 0.05) is 23.4 Å². The van der Waals surface area contributed by atoms with Crippen LogP contribution in [-0.4, -0.2) is 53.9 Å². The molecular weight excluding hydrogens is 559 g/mol. The summed E-state index contributed by atoms with van der Waals surface area (Å²) in [5.74, 6) is 0.221. The molecule has 0 bridgehead atoms. The fourth-order valence-corrected chi connectivity index (χ4v) is 5.76. The number of hydrogen-bond acceptors (Lipinski definition) is 6. The molecule has 2 heterocycles. The number of ether oxygens (including phenoxy) is 2. The Balaban J connectivity index is 1.29. The minimum absolute atomic E-state index is 0.296. The average molecular weight is 599 g/mol. The van der Waals surface area contributed by atoms with Gasteiger partial charge in [-0.1, -0.05) is 12.1 Å². The van der Waals surface area contributed by atoms with E-state index in [2.05, 4.69) is 15.3 Å². The SMILES string of the molecule is COC(=O)c1ccc(C2CCN(Cc3cc(NC(=O)c4cnn(C(C)(C)C)c4-c4ccc(F)cc4)ccc3OC)CC2)cc1. The maximum atomic E-state index is 13.7. The molecule has 4 aromatic rings. The van der Waals surface area contributed by atoms with Crippen LogP contribution in [0.2, 0.25) is 0 Å². The third kappa shape index (κ3) is 6.83. The van der Waals surface area contributed by atoms with Gasteiger partial charge in [0.2, 0.25) is 0 Å². The minimum Gasteiger partial charge on any atom is -0.496 e. The number of amides is 1. The Bertz CT molecular complexity index is 1620. The van der Waals surface area contributed by atoms with Crippen LogP contribution in [0.3, 0.4) is 0 Å². The second-order valence-electron chi connectivity index (χ2n) is 12.1. The predicted octanol–water partition coefficient (Wildman–Crippen LogP) is 6.87. The Morgan fingerprint density at radius 3 is 2.27 bits per heavy atom. The molecule has 44 heavy (non-hydrogen) atoms. The van der Waals surface area contributed by atoms with Crippen LogP contribution in [0.1, 0.15) is 71.4 Å². The lowest BCUT2D eigenvalue weighted by atomic mass is 9.89. The van der Waals surface area contributed by atoms with Crippen molar-refractivity contribution in [3.63, 3.8) is 0 Å². The fraction of sp³-hybridized carbons (Fsp3) is 0.343. The Hall–Kier alpha value is -4.50. The molecule has 1 aliphatic rings. The van der Waals surface area contributed by atoms with E-state index < -0.39 is 5.54 Å². The van der Waals surface area contributed by atoms with Crippen molar-refractivity contribution in [1.29, 1.82) is 0 Å². The van der Waals surface area contributed by atoms with Crippen molar-refractivity contribution >= 4 is 17.6 Å². The first-order valence-corrected chi connectivity index (χ1v) is 14.8. The van der Waals surface area contributed by atoms with Crippen molar-refractivity contribution in [3.05, 3.63) is 101 Å². The maximum Gasteiger partial charge on any atom is 0.337 e. The third-order valence-electron chi connectivity index (χ3n) is 8.09. The number of carbonyl (C=O) groups is 2. The van der Waals surface area contributed by atoms with Gasteiger partial charge in [0.15, 0.2) is 0 Å². The summed E-state index contributed by atoms with van der Waals surface area (Å²) in [6, 6.07) is 19.5. The summed E-state index contributed by atoms with van der Waals surface area (Å²) in [6.07, 6.45) is 3.57. The van der Waals surface area contributed by atoms with Crippen LogP contribution in [0.25, 0.3) is 11.3 Å². The standard InChI is InChI=1S/C35H39FN4O4/c1-35(2,3)40-32(25-10-12-28(36)13-11-25)30(21-37-40)33(41)38-29-14-15-31(43-4)27(20-29)22-39-18-16-24(17-19-39)23-6-8-26(9-7-23)34(42)44-5/h6-15,20-21,24H,16-19,22H2,1-5H3,(H,38,41). The molecule has 9 heteroatoms. The summed E-state index contributed by atoms with van der Waals surface area (Å²) >= 11 is 0. The number of anilines is 1. The lowest BCUT2D eigenvalue weighted by molar-refractivity contribution is 0.0600. The van der Waals surface area contributed by atoms with Crippen LogP contribution in [-0.2, 0) is 16.8 Å². The van der Waals surface area contributed by atoms with Crippen molar-refractivity contribution in [2.24, 2.45) is 0 Å². The number of hydrogen-bond donors (Lipinski definition) is 1. The lowest BCUT2D eigenvalue weighted by Crippen LogP contribution is -2.32. The number of methoxy groups -OCH3 is 2. The summed E-state index contributed by atoms with van der Waals surface area (Å²) in [5, 5.41) is 7.58. The Labute approximate surface area is 257 Å². The minimum atomic E-state index is -0.393. The zero-order valence-electron chi connectivity index (χ0n) is 25.9. The van der Waals surface area contributed by atoms with Crippen molar-refractivity contribution < 1.29 is 23.5 Å². The quantitative estimate of drug-likeness (QED) is 0.223. The van der Waals surface area contributed by atoms with Crippen LogP contribution in [0.5, 0.6) is 5.75 Å². The van der Waals surface area contributed by atoms with Gasteiger partial charge in [-0.25, -0.2) is 9.18 Å². The van der Waals surface area contributed by atoms with E-state index in [-0.39, 0.29) is 17.7 Å². The molecule has 1 fully saturated rings. The van der Waals surface area contributed by atoms with E-state index in [0.29, 0.717) is 40.5 Å². The number of nitrogens with zero attached hydrogens (tertiary/aromatic N) is 3. The fourth-order valence-electron chi connectivity index (χ4n) is 5.76. The van der Waals surface area contributed by atoms with Gasteiger partial charge in [-0.15, -0.1) is 0 Å². The zero-order valence-corrected chi connectivity index (χ0v) is 25.9. The molecule has 3 aromatic carbocycles. The number of benzene rings is 3. The first kappa shape index (κ1) is 30.9. The van der Waals surface area contributed by atoms with E-state index in [9.17, 15) is 14.0 Å². The first-order valence-electron chi connectivity index (χ1n) is 14.8. The second kappa shape index (κ2) is 13.0. The summed E-state index contributed by atoms with van der Waals surface area (Å²) in [6.45, 7) is 8.53. The van der Waals surface area contributed by atoms with Gasteiger partial charge >= 0.3 is 5.97 Å². The number of aromatic nitrogens is 2. The van der Waals surface area contributed by atoms with Gasteiger partial charge in [-0.2, -0.15) is 5.10 Å². The van der Waals surface area contributed by atoms with Crippen molar-refractivity contribution in [2.45, 2.75) is 51.6 Å². The first-order chi connectivity index (χ1) is 21.1. The van der Waals surface area contributed by atoms with Crippen LogP contribution >= 0.6 is 0 Å². The largest absolute Gasteiger partial charge is 0.496 e. The highest BCUT2D eigenvalue weighted by Crippen LogP contribution is 2.33. The summed E-state index contributed by atoms with van der Waals surface area (Å²) in [4.78, 5) is 27.8. The second-order valence-corrected chi connectivity index (χ2v) is 12.1. The van der Waals surface area contributed by atoms with Gasteiger partial charge in [0.05, 0.1) is 42.8 Å². The van der Waals surface area contributed by atoms with E-state index in [1.165, 1.54) is 24.8 Å². The molecule has 0 radical (unpaired) electrons. The average Bonchev–Trinajstić information content (AvgIpc) is 3.48. The number of carbonyl (C=O) groups excluding carboxylic acids is 2. The predicted molar refractivity (Wildman–Crippen MR) is 169 cm³/mol. The molecule has 1 amide bonds. The normalized spacial score (nSPS) is 14.3. The Morgan fingerprint density at radius 2 is 1.66 bits per heavy atom. The van der Waals surface area contributed by atoms with E-state index in [1.54, 1.807) is 30.1 Å². The molecular formula is C35H39FN4O4. The molecule has 0 atom stereocenters. The number of rotatable bonds is 8. The lowest BCUT2D eigenvalue weighted by Gasteiger charge is -2.32. The third-order valence-corrected chi connectivity index (χ3v) is 8.09. The van der Waals surface area contributed by atoms with E-state index in [1.807, 2.05) is 63.2 Å². The van der Waals surface area contributed by atoms with Gasteiger partial charge in [-0.05, 0) is 113 Å². The molecule has 0 aliphatic carbocycles. The number of halogens is 1. The van der Waals surface area contributed by atoms with Crippen molar-refractivity contribution in [3.8, 4) is 17.0 Å². The molecule has 0 saturated carbocycles. The molecule has 5 rings (SSSR count). The topological polar surface area (TPSA) is 85.7 Å². The zero-order chi connectivity index (χ0) is 31.4. The number of piperidine rings is 1. The molecule has 8 nitrogen and oxygen atoms in total. The smallest absolute Gasteiger partial charge is 0.337 e. The highest BCUT2D eigenvalue weighted by atomic mass is 19.1. The van der Waals surface area contributed by atoms with Crippen molar-refractivity contribution in [1.82, 2.24) is 14.7 Å². The van der Waals surface area contributed by atoms with Crippen LogP contribution in [0.4, 0.5) is 10.1 Å². The van der Waals surface area contributed by atoms with Crippen LogP contribution < -0.4 is 10.1 Å².